The zero-order valence-electron chi connectivity index (χ0n) is 12.0. The van der Waals surface area contributed by atoms with Crippen LogP contribution >= 0.6 is 0 Å². The van der Waals surface area contributed by atoms with Gasteiger partial charge < -0.3 is 10.1 Å². The van der Waals surface area contributed by atoms with E-state index < -0.39 is 29.1 Å². The van der Waals surface area contributed by atoms with Gasteiger partial charge in [-0.3, -0.25) is 14.9 Å². The van der Waals surface area contributed by atoms with Gasteiger partial charge in [-0.25, -0.2) is 8.78 Å². The summed E-state index contributed by atoms with van der Waals surface area (Å²) >= 11 is 0. The van der Waals surface area contributed by atoms with Crippen molar-refractivity contribution in [2.24, 2.45) is 0 Å². The summed E-state index contributed by atoms with van der Waals surface area (Å²) in [5.74, 6) is -2.58. The molecule has 0 atom stereocenters. The van der Waals surface area contributed by atoms with Gasteiger partial charge in [0.15, 0.2) is 18.2 Å². The number of rotatable bonds is 5. The number of carbonyl (C=O) groups is 1. The number of carbonyl (C=O) groups excluding carboxylic acids is 1. The Kier molecular flexibility index (Phi) is 4.85. The van der Waals surface area contributed by atoms with E-state index >= 15 is 0 Å². The minimum atomic E-state index is -0.927. The summed E-state index contributed by atoms with van der Waals surface area (Å²) in [6, 6.07) is 6.73. The van der Waals surface area contributed by atoms with Crippen LogP contribution in [-0.4, -0.2) is 17.4 Å². The lowest BCUT2D eigenvalue weighted by molar-refractivity contribution is -0.384. The van der Waals surface area contributed by atoms with Crippen LogP contribution in [0.15, 0.2) is 36.4 Å². The predicted molar refractivity (Wildman–Crippen MR) is 78.3 cm³/mol. The fourth-order valence-electron chi connectivity index (χ4n) is 1.78. The molecule has 2 aromatic rings. The van der Waals surface area contributed by atoms with Gasteiger partial charge in [0, 0.05) is 18.2 Å². The Hall–Kier alpha value is -3.03. The number of hydrogen-bond donors (Lipinski definition) is 1. The van der Waals surface area contributed by atoms with Gasteiger partial charge in [-0.15, -0.1) is 0 Å². The number of nitrogens with zero attached hydrogens (tertiary/aromatic N) is 1. The predicted octanol–water partition coefficient (Wildman–Crippen LogP) is 3.20. The lowest BCUT2D eigenvalue weighted by Gasteiger charge is -2.10. The van der Waals surface area contributed by atoms with E-state index in [0.717, 1.165) is 12.1 Å². The molecule has 0 unspecified atom stereocenters. The lowest BCUT2D eigenvalue weighted by Crippen LogP contribution is -2.21. The van der Waals surface area contributed by atoms with Gasteiger partial charge in [0.2, 0.25) is 0 Å². The van der Waals surface area contributed by atoms with Gasteiger partial charge in [0.05, 0.1) is 10.6 Å². The van der Waals surface area contributed by atoms with Crippen LogP contribution in [0.2, 0.25) is 0 Å². The lowest BCUT2D eigenvalue weighted by atomic mass is 10.2. The van der Waals surface area contributed by atoms with Crippen molar-refractivity contribution < 1.29 is 23.2 Å². The van der Waals surface area contributed by atoms with E-state index in [1.807, 2.05) is 0 Å². The number of nitro benzene ring substituents is 1. The molecule has 0 radical (unpaired) electrons. The molecule has 0 bridgehead atoms. The van der Waals surface area contributed by atoms with Crippen molar-refractivity contribution in [3.05, 3.63) is 63.7 Å². The third-order valence-electron chi connectivity index (χ3n) is 2.96. The number of anilines is 1. The second-order valence-corrected chi connectivity index (χ2v) is 4.67. The molecule has 2 rings (SSSR count). The van der Waals surface area contributed by atoms with Crippen LogP contribution in [0, 0.1) is 28.7 Å². The fraction of sp³-hybridized carbons (Fsp3) is 0.133. The third kappa shape index (κ3) is 4.22. The van der Waals surface area contributed by atoms with Gasteiger partial charge in [-0.1, -0.05) is 6.07 Å². The number of amides is 1. The SMILES string of the molecule is Cc1ccc([N+](=O)[O-])cc1NC(=O)COc1ccc(F)cc1F. The Morgan fingerprint density at radius 3 is 2.65 bits per heavy atom. The van der Waals surface area contributed by atoms with Gasteiger partial charge in [-0.05, 0) is 24.6 Å². The number of hydrogen-bond acceptors (Lipinski definition) is 4. The molecular formula is C15H12F2N2O4. The molecule has 0 saturated carbocycles. The first-order chi connectivity index (χ1) is 10.9. The number of nitro groups is 1. The van der Waals surface area contributed by atoms with Crippen LogP contribution in [0.5, 0.6) is 5.75 Å². The van der Waals surface area contributed by atoms with E-state index in [4.69, 9.17) is 4.74 Å². The van der Waals surface area contributed by atoms with E-state index in [2.05, 4.69) is 5.32 Å². The van der Waals surface area contributed by atoms with Crippen LogP contribution in [0.25, 0.3) is 0 Å². The number of aryl methyl sites for hydroxylation is 1. The Morgan fingerprint density at radius 1 is 1.26 bits per heavy atom. The van der Waals surface area contributed by atoms with Crippen molar-refractivity contribution in [1.82, 2.24) is 0 Å². The number of nitrogens with one attached hydrogen (secondary N) is 1. The van der Waals surface area contributed by atoms with Crippen molar-refractivity contribution in [3.63, 3.8) is 0 Å². The van der Waals surface area contributed by atoms with E-state index in [1.54, 1.807) is 6.92 Å². The van der Waals surface area contributed by atoms with E-state index in [1.165, 1.54) is 18.2 Å². The first-order valence-corrected chi connectivity index (χ1v) is 6.49. The van der Waals surface area contributed by atoms with Gasteiger partial charge in [0.1, 0.15) is 5.82 Å². The van der Waals surface area contributed by atoms with Crippen LogP contribution in [0.1, 0.15) is 5.56 Å². The average molecular weight is 322 g/mol. The maximum atomic E-state index is 13.4. The normalized spacial score (nSPS) is 10.2. The van der Waals surface area contributed by atoms with E-state index in [9.17, 15) is 23.7 Å². The standard InChI is InChI=1S/C15H12F2N2O4/c1-9-2-4-11(19(21)22)7-13(9)18-15(20)8-23-14-5-3-10(16)6-12(14)17/h2-7H,8H2,1H3,(H,18,20). The summed E-state index contributed by atoms with van der Waals surface area (Å²) in [5, 5.41) is 13.2. The summed E-state index contributed by atoms with van der Waals surface area (Å²) in [6.07, 6.45) is 0. The molecule has 23 heavy (non-hydrogen) atoms. The first kappa shape index (κ1) is 16.3. The topological polar surface area (TPSA) is 81.5 Å². The highest BCUT2D eigenvalue weighted by Crippen LogP contribution is 2.22. The summed E-state index contributed by atoms with van der Waals surface area (Å²) in [4.78, 5) is 21.9. The van der Waals surface area contributed by atoms with E-state index in [-0.39, 0.29) is 17.1 Å². The molecule has 1 N–H and O–H groups in total. The molecular weight excluding hydrogens is 310 g/mol. The quantitative estimate of drug-likeness (QED) is 0.677. The Balaban J connectivity index is 2.02. The molecule has 0 fully saturated rings. The Labute approximate surface area is 129 Å². The second kappa shape index (κ2) is 6.82. The molecule has 1 amide bonds. The maximum Gasteiger partial charge on any atom is 0.271 e. The van der Waals surface area contributed by atoms with Crippen molar-refractivity contribution in [3.8, 4) is 5.75 Å². The van der Waals surface area contributed by atoms with Crippen LogP contribution in [-0.2, 0) is 4.79 Å². The summed E-state index contributed by atoms with van der Waals surface area (Å²) in [6.45, 7) is 1.14. The molecule has 0 saturated heterocycles. The summed E-state index contributed by atoms with van der Waals surface area (Å²) < 4.78 is 31.1. The van der Waals surface area contributed by atoms with Gasteiger partial charge >= 0.3 is 0 Å². The summed E-state index contributed by atoms with van der Waals surface area (Å²) in [7, 11) is 0. The third-order valence-corrected chi connectivity index (χ3v) is 2.96. The largest absolute Gasteiger partial charge is 0.481 e. The molecule has 0 heterocycles. The molecule has 120 valence electrons. The molecule has 2 aromatic carbocycles. The minimum absolute atomic E-state index is 0.170. The highest BCUT2D eigenvalue weighted by molar-refractivity contribution is 5.93. The zero-order chi connectivity index (χ0) is 17.0. The average Bonchev–Trinajstić information content (AvgIpc) is 2.48. The van der Waals surface area contributed by atoms with E-state index in [0.29, 0.717) is 11.6 Å². The molecule has 0 aliphatic heterocycles. The van der Waals surface area contributed by atoms with Crippen molar-refractivity contribution in [2.45, 2.75) is 6.92 Å². The van der Waals surface area contributed by atoms with Gasteiger partial charge in [0.25, 0.3) is 11.6 Å². The molecule has 0 aromatic heterocycles. The highest BCUT2D eigenvalue weighted by Gasteiger charge is 2.12. The maximum absolute atomic E-state index is 13.4. The van der Waals surface area contributed by atoms with Crippen LogP contribution in [0.4, 0.5) is 20.2 Å². The molecule has 0 aliphatic carbocycles. The smallest absolute Gasteiger partial charge is 0.271 e. The molecule has 8 heteroatoms. The van der Waals surface area contributed by atoms with Gasteiger partial charge in [-0.2, -0.15) is 0 Å². The first-order valence-electron chi connectivity index (χ1n) is 6.49. The molecule has 0 aliphatic rings. The molecule has 0 spiro atoms. The Bertz CT molecular complexity index is 765. The van der Waals surface area contributed by atoms with Crippen molar-refractivity contribution in [1.29, 1.82) is 0 Å². The monoisotopic (exact) mass is 322 g/mol. The minimum Gasteiger partial charge on any atom is -0.481 e. The number of ether oxygens (including phenoxy) is 1. The zero-order valence-corrected chi connectivity index (χ0v) is 12.0. The Morgan fingerprint density at radius 2 is 2.00 bits per heavy atom. The molecule has 6 nitrogen and oxygen atoms in total. The van der Waals surface area contributed by atoms with Crippen molar-refractivity contribution >= 4 is 17.3 Å². The van der Waals surface area contributed by atoms with Crippen LogP contribution in [0.3, 0.4) is 0 Å². The van der Waals surface area contributed by atoms with Crippen molar-refractivity contribution in [2.75, 3.05) is 11.9 Å². The second-order valence-electron chi connectivity index (χ2n) is 4.67. The van der Waals surface area contributed by atoms with Crippen LogP contribution < -0.4 is 10.1 Å². The number of halogens is 2. The highest BCUT2D eigenvalue weighted by atomic mass is 19.1. The number of non-ortho nitro benzene ring substituents is 1. The summed E-state index contributed by atoms with van der Waals surface area (Å²) in [5.41, 5.74) is 0.709. The fourth-order valence-corrected chi connectivity index (χ4v) is 1.78. The number of benzene rings is 2.